The number of hydrogen-bond donors (Lipinski definition) is 1. The van der Waals surface area contributed by atoms with Crippen molar-refractivity contribution in [1.82, 2.24) is 5.43 Å². The fourth-order valence-corrected chi connectivity index (χ4v) is 3.33. The summed E-state index contributed by atoms with van der Waals surface area (Å²) in [5.41, 5.74) is 4.86. The highest BCUT2D eigenvalue weighted by atomic mass is 16.5. The third-order valence-electron chi connectivity index (χ3n) is 4.89. The van der Waals surface area contributed by atoms with Crippen molar-refractivity contribution in [3.05, 3.63) is 108 Å². The van der Waals surface area contributed by atoms with Crippen LogP contribution in [0.1, 0.15) is 21.5 Å². The molecule has 4 aromatic carbocycles. The van der Waals surface area contributed by atoms with Crippen molar-refractivity contribution in [1.29, 1.82) is 0 Å². The van der Waals surface area contributed by atoms with Crippen molar-refractivity contribution >= 4 is 22.9 Å². The molecule has 4 rings (SSSR count). The van der Waals surface area contributed by atoms with Gasteiger partial charge in [-0.2, -0.15) is 5.10 Å². The Kier molecular flexibility index (Phi) is 6.24. The second-order valence-electron chi connectivity index (χ2n) is 6.87. The molecule has 1 amide bonds. The van der Waals surface area contributed by atoms with Crippen molar-refractivity contribution in [3.63, 3.8) is 0 Å². The molecule has 0 bridgehead atoms. The molecule has 0 saturated carbocycles. The van der Waals surface area contributed by atoms with E-state index in [4.69, 9.17) is 9.47 Å². The van der Waals surface area contributed by atoms with Crippen molar-refractivity contribution in [2.24, 2.45) is 5.10 Å². The SMILES string of the molecule is COc1cccc(/C=N\NC(=O)c2ccccc2)c1OCc1cccc2ccccc12. The number of amides is 1. The second kappa shape index (κ2) is 9.59. The van der Waals surface area contributed by atoms with Crippen molar-refractivity contribution in [3.8, 4) is 11.5 Å². The second-order valence-corrected chi connectivity index (χ2v) is 6.87. The molecule has 154 valence electrons. The highest BCUT2D eigenvalue weighted by Crippen LogP contribution is 2.31. The first-order chi connectivity index (χ1) is 15.3. The lowest BCUT2D eigenvalue weighted by molar-refractivity contribution is 0.0955. The van der Waals surface area contributed by atoms with Gasteiger partial charge < -0.3 is 9.47 Å². The maximum Gasteiger partial charge on any atom is 0.271 e. The summed E-state index contributed by atoms with van der Waals surface area (Å²) in [6.07, 6.45) is 1.56. The smallest absolute Gasteiger partial charge is 0.271 e. The molecule has 31 heavy (non-hydrogen) atoms. The van der Waals surface area contributed by atoms with E-state index in [1.54, 1.807) is 37.6 Å². The fraction of sp³-hybridized carbons (Fsp3) is 0.0769. The third-order valence-corrected chi connectivity index (χ3v) is 4.89. The van der Waals surface area contributed by atoms with E-state index in [2.05, 4.69) is 28.7 Å². The molecule has 0 heterocycles. The molecule has 0 radical (unpaired) electrons. The number of carbonyl (C=O) groups excluding carboxylic acids is 1. The number of nitrogens with one attached hydrogen (secondary N) is 1. The van der Waals surface area contributed by atoms with Gasteiger partial charge in [0.05, 0.1) is 13.3 Å². The predicted molar refractivity (Wildman–Crippen MR) is 123 cm³/mol. The van der Waals surface area contributed by atoms with E-state index in [1.165, 1.54) is 0 Å². The monoisotopic (exact) mass is 410 g/mol. The van der Waals surface area contributed by atoms with Crippen LogP contribution in [0.15, 0.2) is 96.1 Å². The zero-order valence-electron chi connectivity index (χ0n) is 17.1. The lowest BCUT2D eigenvalue weighted by Crippen LogP contribution is -2.17. The fourth-order valence-electron chi connectivity index (χ4n) is 3.33. The Bertz CT molecular complexity index is 1210. The summed E-state index contributed by atoms with van der Waals surface area (Å²) in [5.74, 6) is 0.882. The Morgan fingerprint density at radius 3 is 2.48 bits per heavy atom. The highest BCUT2D eigenvalue weighted by Gasteiger charge is 2.11. The van der Waals surface area contributed by atoms with Gasteiger partial charge >= 0.3 is 0 Å². The molecule has 1 N–H and O–H groups in total. The molecular weight excluding hydrogens is 388 g/mol. The Morgan fingerprint density at radius 2 is 1.65 bits per heavy atom. The van der Waals surface area contributed by atoms with Crippen LogP contribution in [0.3, 0.4) is 0 Å². The van der Waals surface area contributed by atoms with E-state index < -0.39 is 0 Å². The number of para-hydroxylation sites is 1. The zero-order valence-corrected chi connectivity index (χ0v) is 17.1. The lowest BCUT2D eigenvalue weighted by Gasteiger charge is -2.14. The van der Waals surface area contributed by atoms with Gasteiger partial charge in [0, 0.05) is 11.1 Å². The zero-order chi connectivity index (χ0) is 21.5. The van der Waals surface area contributed by atoms with Crippen LogP contribution >= 0.6 is 0 Å². The summed E-state index contributed by atoms with van der Waals surface area (Å²) in [5, 5.41) is 6.40. The molecule has 0 atom stereocenters. The van der Waals surface area contributed by atoms with Gasteiger partial charge in [0.25, 0.3) is 5.91 Å². The summed E-state index contributed by atoms with van der Waals surface area (Å²) in [6, 6.07) is 28.8. The Balaban J connectivity index is 1.54. The Labute approximate surface area is 180 Å². The molecule has 0 aliphatic rings. The molecule has 0 aliphatic carbocycles. The largest absolute Gasteiger partial charge is 0.493 e. The third kappa shape index (κ3) is 4.73. The number of nitrogens with zero attached hydrogens (tertiary/aromatic N) is 1. The summed E-state index contributed by atoms with van der Waals surface area (Å²) < 4.78 is 11.7. The van der Waals surface area contributed by atoms with Gasteiger partial charge in [-0.15, -0.1) is 0 Å². The van der Waals surface area contributed by atoms with Gasteiger partial charge in [0.2, 0.25) is 0 Å². The van der Waals surface area contributed by atoms with Crippen molar-refractivity contribution in [2.75, 3.05) is 7.11 Å². The van der Waals surface area contributed by atoms with E-state index in [0.29, 0.717) is 29.2 Å². The van der Waals surface area contributed by atoms with Crippen LogP contribution in [0, 0.1) is 0 Å². The first-order valence-corrected chi connectivity index (χ1v) is 9.91. The Hall–Kier alpha value is -4.12. The highest BCUT2D eigenvalue weighted by molar-refractivity contribution is 5.95. The molecule has 0 saturated heterocycles. The van der Waals surface area contributed by atoms with Gasteiger partial charge in [0.1, 0.15) is 6.61 Å². The first kappa shape index (κ1) is 20.2. The van der Waals surface area contributed by atoms with Gasteiger partial charge in [-0.05, 0) is 40.6 Å². The van der Waals surface area contributed by atoms with E-state index in [-0.39, 0.29) is 5.91 Å². The summed E-state index contributed by atoms with van der Waals surface area (Å²) in [4.78, 5) is 12.2. The number of rotatable bonds is 7. The lowest BCUT2D eigenvalue weighted by atomic mass is 10.1. The van der Waals surface area contributed by atoms with Crippen LogP contribution in [0.2, 0.25) is 0 Å². The van der Waals surface area contributed by atoms with Crippen LogP contribution in [0.5, 0.6) is 11.5 Å². The average Bonchev–Trinajstić information content (AvgIpc) is 2.83. The van der Waals surface area contributed by atoms with Gasteiger partial charge in [-0.1, -0.05) is 66.7 Å². The molecule has 0 aromatic heterocycles. The number of carbonyl (C=O) groups is 1. The predicted octanol–water partition coefficient (Wildman–Crippen LogP) is 5.19. The van der Waals surface area contributed by atoms with Crippen molar-refractivity contribution < 1.29 is 14.3 Å². The van der Waals surface area contributed by atoms with E-state index in [9.17, 15) is 4.79 Å². The molecule has 0 aliphatic heterocycles. The van der Waals surface area contributed by atoms with Crippen LogP contribution in [0.25, 0.3) is 10.8 Å². The van der Waals surface area contributed by atoms with Crippen molar-refractivity contribution in [2.45, 2.75) is 6.61 Å². The minimum atomic E-state index is -0.280. The Morgan fingerprint density at radius 1 is 0.903 bits per heavy atom. The standard InChI is InChI=1S/C26H22N2O3/c1-30-24-16-8-13-21(17-27-28-26(29)20-10-3-2-4-11-20)25(24)31-18-22-14-7-12-19-9-5-6-15-23(19)22/h2-17H,18H2,1H3,(H,28,29)/b27-17-. The molecule has 5 heteroatoms. The number of methoxy groups -OCH3 is 1. The van der Waals surface area contributed by atoms with E-state index >= 15 is 0 Å². The normalized spacial score (nSPS) is 10.9. The van der Waals surface area contributed by atoms with Crippen LogP contribution in [0.4, 0.5) is 0 Å². The summed E-state index contributed by atoms with van der Waals surface area (Å²) in [6.45, 7) is 0.374. The number of fused-ring (bicyclic) bond motifs is 1. The number of ether oxygens (including phenoxy) is 2. The van der Waals surface area contributed by atoms with Crippen LogP contribution in [-0.4, -0.2) is 19.2 Å². The molecule has 0 fully saturated rings. The van der Waals surface area contributed by atoms with E-state index in [0.717, 1.165) is 16.3 Å². The van der Waals surface area contributed by atoms with Gasteiger partial charge in [0.15, 0.2) is 11.5 Å². The minimum Gasteiger partial charge on any atom is -0.493 e. The molecule has 5 nitrogen and oxygen atoms in total. The first-order valence-electron chi connectivity index (χ1n) is 9.91. The maximum atomic E-state index is 12.2. The summed E-state index contributed by atoms with van der Waals surface area (Å²) >= 11 is 0. The number of hydrogen-bond acceptors (Lipinski definition) is 4. The van der Waals surface area contributed by atoms with Gasteiger partial charge in [-0.3, -0.25) is 4.79 Å². The number of hydrazone groups is 1. The molecule has 0 spiro atoms. The van der Waals surface area contributed by atoms with Gasteiger partial charge in [-0.25, -0.2) is 5.43 Å². The minimum absolute atomic E-state index is 0.280. The molecular formula is C26H22N2O3. The molecule has 4 aromatic rings. The summed E-state index contributed by atoms with van der Waals surface area (Å²) in [7, 11) is 1.60. The quantitative estimate of drug-likeness (QED) is 0.337. The van der Waals surface area contributed by atoms with Crippen LogP contribution in [-0.2, 0) is 6.61 Å². The average molecular weight is 410 g/mol. The number of benzene rings is 4. The van der Waals surface area contributed by atoms with Crippen LogP contribution < -0.4 is 14.9 Å². The topological polar surface area (TPSA) is 59.9 Å². The molecule has 0 unspecified atom stereocenters. The maximum absolute atomic E-state index is 12.2. The van der Waals surface area contributed by atoms with E-state index in [1.807, 2.05) is 48.5 Å².